The van der Waals surface area contributed by atoms with Gasteiger partial charge in [-0.1, -0.05) is 35.9 Å². The second kappa shape index (κ2) is 12.9. The number of hydrogen-bond donors (Lipinski definition) is 1. The zero-order chi connectivity index (χ0) is 27.1. The molecule has 1 saturated heterocycles. The van der Waals surface area contributed by atoms with Gasteiger partial charge in [-0.15, -0.1) is 0 Å². The van der Waals surface area contributed by atoms with Crippen molar-refractivity contribution in [2.45, 2.75) is 56.5 Å². The lowest BCUT2D eigenvalue weighted by atomic mass is 9.75. The molecule has 1 N–H and O–H groups in total. The SMILES string of the molecule is COc1ccccc1N1CCN(C(=O)CCC(=O)NC2CCC(Cc3ccc(Cl)cc3)(N(C)C)CC2)CC1. The Morgan fingerprint density at radius 2 is 1.66 bits per heavy atom. The third-order valence-corrected chi connectivity index (χ3v) is 8.55. The molecule has 0 bridgehead atoms. The number of benzene rings is 2. The van der Waals surface area contributed by atoms with Gasteiger partial charge in [0, 0.05) is 55.6 Å². The minimum Gasteiger partial charge on any atom is -0.495 e. The number of para-hydroxylation sites is 2. The van der Waals surface area contributed by atoms with Gasteiger partial charge in [0.1, 0.15) is 5.75 Å². The molecule has 38 heavy (non-hydrogen) atoms. The van der Waals surface area contributed by atoms with Crippen LogP contribution in [0, 0.1) is 0 Å². The summed E-state index contributed by atoms with van der Waals surface area (Å²) in [4.78, 5) is 32.0. The van der Waals surface area contributed by atoms with E-state index in [1.165, 1.54) is 5.56 Å². The highest BCUT2D eigenvalue weighted by atomic mass is 35.5. The molecule has 2 aliphatic rings. The third kappa shape index (κ3) is 7.00. The summed E-state index contributed by atoms with van der Waals surface area (Å²) in [6, 6.07) is 16.3. The number of methoxy groups -OCH3 is 1. The van der Waals surface area contributed by atoms with Crippen LogP contribution in [-0.4, -0.2) is 80.6 Å². The predicted molar refractivity (Wildman–Crippen MR) is 153 cm³/mol. The summed E-state index contributed by atoms with van der Waals surface area (Å²) in [5, 5.41) is 3.96. The first kappa shape index (κ1) is 28.2. The van der Waals surface area contributed by atoms with Gasteiger partial charge < -0.3 is 24.8 Å². The average molecular weight is 541 g/mol. The lowest BCUT2D eigenvalue weighted by Crippen LogP contribution is -2.52. The van der Waals surface area contributed by atoms with Crippen molar-refractivity contribution in [1.82, 2.24) is 15.1 Å². The van der Waals surface area contributed by atoms with Crippen molar-refractivity contribution in [3.05, 3.63) is 59.1 Å². The molecule has 0 spiro atoms. The summed E-state index contributed by atoms with van der Waals surface area (Å²) < 4.78 is 5.48. The quantitative estimate of drug-likeness (QED) is 0.511. The first-order valence-electron chi connectivity index (χ1n) is 13.7. The van der Waals surface area contributed by atoms with Gasteiger partial charge in [0.05, 0.1) is 12.8 Å². The minimum absolute atomic E-state index is 0.0222. The number of piperazine rings is 1. The average Bonchev–Trinajstić information content (AvgIpc) is 2.94. The van der Waals surface area contributed by atoms with Crippen molar-refractivity contribution in [2.75, 3.05) is 52.3 Å². The number of nitrogens with zero attached hydrogens (tertiary/aromatic N) is 3. The summed E-state index contributed by atoms with van der Waals surface area (Å²) in [5.74, 6) is 0.878. The van der Waals surface area contributed by atoms with E-state index >= 15 is 0 Å². The second-order valence-electron chi connectivity index (χ2n) is 10.8. The van der Waals surface area contributed by atoms with Crippen LogP contribution in [0.15, 0.2) is 48.5 Å². The highest BCUT2D eigenvalue weighted by Gasteiger charge is 2.37. The number of ether oxygens (including phenoxy) is 1. The number of carbonyl (C=O) groups excluding carboxylic acids is 2. The van der Waals surface area contributed by atoms with Gasteiger partial charge in [-0.05, 0) is 76.0 Å². The van der Waals surface area contributed by atoms with Gasteiger partial charge in [0.25, 0.3) is 0 Å². The molecule has 1 aliphatic heterocycles. The molecule has 2 fully saturated rings. The number of amides is 2. The number of likely N-dealkylation sites (N-methyl/N-ethyl adjacent to an activating group) is 1. The Bertz CT molecular complexity index is 1080. The van der Waals surface area contributed by atoms with Gasteiger partial charge in [-0.3, -0.25) is 9.59 Å². The standard InChI is InChI=1S/C30H41ClN4O3/c1-33(2)30(22-23-8-10-24(31)11-9-23)16-14-25(15-17-30)32-28(36)12-13-29(37)35-20-18-34(19-21-35)26-6-4-5-7-27(26)38-3/h4-11,25H,12-22H2,1-3H3,(H,32,36). The fraction of sp³-hybridized carbons (Fsp3) is 0.533. The topological polar surface area (TPSA) is 65.1 Å². The summed E-state index contributed by atoms with van der Waals surface area (Å²) in [5.41, 5.74) is 2.42. The summed E-state index contributed by atoms with van der Waals surface area (Å²) >= 11 is 6.07. The van der Waals surface area contributed by atoms with E-state index in [0.717, 1.165) is 61.7 Å². The molecule has 0 unspecified atom stereocenters. The first-order valence-corrected chi connectivity index (χ1v) is 14.0. The summed E-state index contributed by atoms with van der Waals surface area (Å²) in [7, 11) is 5.98. The lowest BCUT2D eigenvalue weighted by Gasteiger charge is -2.45. The molecule has 4 rings (SSSR count). The fourth-order valence-corrected chi connectivity index (χ4v) is 5.96. The number of anilines is 1. The summed E-state index contributed by atoms with van der Waals surface area (Å²) in [6.45, 7) is 2.82. The van der Waals surface area contributed by atoms with E-state index < -0.39 is 0 Å². The Hall–Kier alpha value is -2.77. The highest BCUT2D eigenvalue weighted by molar-refractivity contribution is 6.30. The van der Waals surface area contributed by atoms with Crippen LogP contribution < -0.4 is 15.0 Å². The fourth-order valence-electron chi connectivity index (χ4n) is 5.83. The zero-order valence-electron chi connectivity index (χ0n) is 22.9. The molecule has 1 heterocycles. The van der Waals surface area contributed by atoms with Crippen molar-refractivity contribution < 1.29 is 14.3 Å². The normalized spacial score (nSPS) is 21.9. The van der Waals surface area contributed by atoms with Gasteiger partial charge in [0.15, 0.2) is 0 Å². The van der Waals surface area contributed by atoms with E-state index in [1.807, 2.05) is 41.3 Å². The van der Waals surface area contributed by atoms with E-state index in [1.54, 1.807) is 7.11 Å². The molecule has 2 amide bonds. The lowest BCUT2D eigenvalue weighted by molar-refractivity contribution is -0.134. The van der Waals surface area contributed by atoms with Crippen molar-refractivity contribution in [3.63, 3.8) is 0 Å². The van der Waals surface area contributed by atoms with E-state index in [2.05, 4.69) is 41.3 Å². The van der Waals surface area contributed by atoms with Crippen LogP contribution in [0.25, 0.3) is 0 Å². The Morgan fingerprint density at radius 3 is 2.29 bits per heavy atom. The maximum absolute atomic E-state index is 12.8. The molecule has 0 radical (unpaired) electrons. The van der Waals surface area contributed by atoms with Crippen LogP contribution in [0.5, 0.6) is 5.75 Å². The van der Waals surface area contributed by atoms with Crippen LogP contribution in [0.2, 0.25) is 5.02 Å². The van der Waals surface area contributed by atoms with Crippen LogP contribution in [-0.2, 0) is 16.0 Å². The summed E-state index contributed by atoms with van der Waals surface area (Å²) in [6.07, 6.45) is 5.38. The van der Waals surface area contributed by atoms with E-state index in [0.29, 0.717) is 13.1 Å². The Kier molecular flexibility index (Phi) is 9.55. The van der Waals surface area contributed by atoms with Crippen molar-refractivity contribution in [1.29, 1.82) is 0 Å². The molecule has 8 heteroatoms. The predicted octanol–water partition coefficient (Wildman–Crippen LogP) is 4.38. The maximum Gasteiger partial charge on any atom is 0.223 e. The van der Waals surface area contributed by atoms with Gasteiger partial charge in [0.2, 0.25) is 11.8 Å². The molecular weight excluding hydrogens is 500 g/mol. The van der Waals surface area contributed by atoms with Gasteiger partial charge in [-0.25, -0.2) is 0 Å². The molecule has 206 valence electrons. The monoisotopic (exact) mass is 540 g/mol. The van der Waals surface area contributed by atoms with Crippen LogP contribution in [0.3, 0.4) is 0 Å². The Morgan fingerprint density at radius 1 is 1.00 bits per heavy atom. The number of hydrogen-bond acceptors (Lipinski definition) is 5. The number of carbonyl (C=O) groups is 2. The smallest absolute Gasteiger partial charge is 0.223 e. The zero-order valence-corrected chi connectivity index (χ0v) is 23.7. The third-order valence-electron chi connectivity index (χ3n) is 8.30. The van der Waals surface area contributed by atoms with Crippen LogP contribution in [0.4, 0.5) is 5.69 Å². The molecular formula is C30H41ClN4O3. The van der Waals surface area contributed by atoms with E-state index in [4.69, 9.17) is 16.3 Å². The molecule has 1 aliphatic carbocycles. The van der Waals surface area contributed by atoms with Crippen molar-refractivity contribution >= 4 is 29.1 Å². The van der Waals surface area contributed by atoms with Crippen LogP contribution >= 0.6 is 11.6 Å². The van der Waals surface area contributed by atoms with E-state index in [-0.39, 0.29) is 36.2 Å². The Balaban J connectivity index is 1.19. The first-order chi connectivity index (χ1) is 18.3. The maximum atomic E-state index is 12.8. The highest BCUT2D eigenvalue weighted by Crippen LogP contribution is 2.36. The molecule has 2 aromatic carbocycles. The molecule has 0 atom stereocenters. The van der Waals surface area contributed by atoms with E-state index in [9.17, 15) is 9.59 Å². The number of nitrogens with one attached hydrogen (secondary N) is 1. The number of rotatable bonds is 9. The molecule has 2 aromatic rings. The van der Waals surface area contributed by atoms with Crippen molar-refractivity contribution in [3.8, 4) is 5.75 Å². The van der Waals surface area contributed by atoms with Crippen LogP contribution in [0.1, 0.15) is 44.1 Å². The van der Waals surface area contributed by atoms with Crippen molar-refractivity contribution in [2.24, 2.45) is 0 Å². The molecule has 1 saturated carbocycles. The van der Waals surface area contributed by atoms with Gasteiger partial charge >= 0.3 is 0 Å². The minimum atomic E-state index is -0.0222. The number of halogens is 1. The van der Waals surface area contributed by atoms with Gasteiger partial charge in [-0.2, -0.15) is 0 Å². The Labute approximate surface area is 232 Å². The molecule has 7 nitrogen and oxygen atoms in total. The largest absolute Gasteiger partial charge is 0.495 e. The molecule has 0 aromatic heterocycles. The second-order valence-corrected chi connectivity index (χ2v) is 11.2.